The lowest BCUT2D eigenvalue weighted by Crippen LogP contribution is -2.57. The molecular formula is C23H25FN4O3. The minimum absolute atomic E-state index is 0.0847. The molecule has 0 spiro atoms. The lowest BCUT2D eigenvalue weighted by molar-refractivity contribution is -0.118. The van der Waals surface area contributed by atoms with Gasteiger partial charge in [-0.05, 0) is 49.6 Å². The number of amidine groups is 1. The first-order chi connectivity index (χ1) is 15.0. The van der Waals surface area contributed by atoms with Gasteiger partial charge in [-0.2, -0.15) is 0 Å². The fourth-order valence-corrected chi connectivity index (χ4v) is 3.91. The number of nitrogens with one attached hydrogen (secondary N) is 2. The number of hydrogen-bond donors (Lipinski definition) is 2. The number of halogens is 1. The first-order valence-electron chi connectivity index (χ1n) is 10.3. The molecule has 0 bridgehead atoms. The van der Waals surface area contributed by atoms with Crippen molar-refractivity contribution in [2.75, 3.05) is 31.3 Å². The SMILES string of the molecule is Cc1ccc(N2NC(C(=O)NCC3(c4ccc(F)cc4)CCOCC3)=NCC2=O)cc1. The Labute approximate surface area is 180 Å². The van der Waals surface area contributed by atoms with Crippen LogP contribution in [0.25, 0.3) is 0 Å². The number of aliphatic imine (C=N–C) groups is 1. The molecule has 1 fully saturated rings. The van der Waals surface area contributed by atoms with E-state index in [9.17, 15) is 14.0 Å². The van der Waals surface area contributed by atoms with Crippen LogP contribution >= 0.6 is 0 Å². The number of anilines is 1. The van der Waals surface area contributed by atoms with Crippen molar-refractivity contribution in [3.05, 3.63) is 65.5 Å². The van der Waals surface area contributed by atoms with Crippen molar-refractivity contribution in [3.8, 4) is 0 Å². The van der Waals surface area contributed by atoms with E-state index in [1.54, 1.807) is 12.1 Å². The van der Waals surface area contributed by atoms with E-state index in [4.69, 9.17) is 4.74 Å². The molecule has 2 aliphatic rings. The van der Waals surface area contributed by atoms with E-state index < -0.39 is 5.91 Å². The van der Waals surface area contributed by atoms with Crippen LogP contribution in [0.1, 0.15) is 24.0 Å². The van der Waals surface area contributed by atoms with Crippen molar-refractivity contribution in [2.45, 2.75) is 25.2 Å². The zero-order valence-electron chi connectivity index (χ0n) is 17.4. The van der Waals surface area contributed by atoms with E-state index >= 15 is 0 Å². The van der Waals surface area contributed by atoms with Crippen LogP contribution in [0.15, 0.2) is 53.5 Å². The van der Waals surface area contributed by atoms with Crippen LogP contribution in [0.5, 0.6) is 0 Å². The van der Waals surface area contributed by atoms with Crippen molar-refractivity contribution in [3.63, 3.8) is 0 Å². The molecule has 2 heterocycles. The van der Waals surface area contributed by atoms with Gasteiger partial charge in [-0.3, -0.25) is 20.0 Å². The Morgan fingerprint density at radius 3 is 2.52 bits per heavy atom. The molecule has 31 heavy (non-hydrogen) atoms. The summed E-state index contributed by atoms with van der Waals surface area (Å²) in [6.07, 6.45) is 1.43. The van der Waals surface area contributed by atoms with Crippen molar-refractivity contribution >= 4 is 23.3 Å². The molecule has 2 aromatic rings. The largest absolute Gasteiger partial charge is 0.381 e. The van der Waals surface area contributed by atoms with Gasteiger partial charge in [0.2, 0.25) is 5.84 Å². The predicted molar refractivity (Wildman–Crippen MR) is 115 cm³/mol. The summed E-state index contributed by atoms with van der Waals surface area (Å²) < 4.78 is 18.9. The summed E-state index contributed by atoms with van der Waals surface area (Å²) in [7, 11) is 0. The topological polar surface area (TPSA) is 83.0 Å². The summed E-state index contributed by atoms with van der Waals surface area (Å²) in [6, 6.07) is 13.8. The third-order valence-corrected chi connectivity index (χ3v) is 5.84. The second-order valence-corrected chi connectivity index (χ2v) is 7.92. The third kappa shape index (κ3) is 4.59. The Kier molecular flexibility index (Phi) is 5.99. The van der Waals surface area contributed by atoms with Crippen molar-refractivity contribution < 1.29 is 18.7 Å². The smallest absolute Gasteiger partial charge is 0.288 e. The van der Waals surface area contributed by atoms with Crippen LogP contribution in [0, 0.1) is 12.7 Å². The summed E-state index contributed by atoms with van der Waals surface area (Å²) in [5.41, 5.74) is 5.17. The highest BCUT2D eigenvalue weighted by molar-refractivity contribution is 6.39. The van der Waals surface area contributed by atoms with Crippen LogP contribution in [-0.2, 0) is 19.7 Å². The number of carbonyl (C=O) groups is 2. The van der Waals surface area contributed by atoms with E-state index in [1.165, 1.54) is 17.1 Å². The van der Waals surface area contributed by atoms with Gasteiger partial charge in [-0.15, -0.1) is 0 Å². The normalized spacial score (nSPS) is 18.2. The number of aryl methyl sites for hydroxylation is 1. The number of amides is 2. The fourth-order valence-electron chi connectivity index (χ4n) is 3.91. The number of nitrogens with zero attached hydrogens (tertiary/aromatic N) is 2. The lowest BCUT2D eigenvalue weighted by atomic mass is 9.74. The first kappa shape index (κ1) is 21.0. The number of hydrazine groups is 1. The molecule has 0 atom stereocenters. The van der Waals surface area contributed by atoms with Gasteiger partial charge in [-0.1, -0.05) is 29.8 Å². The Morgan fingerprint density at radius 1 is 1.16 bits per heavy atom. The van der Waals surface area contributed by atoms with Gasteiger partial charge in [0.25, 0.3) is 11.8 Å². The maximum Gasteiger partial charge on any atom is 0.288 e. The molecule has 0 unspecified atom stereocenters. The monoisotopic (exact) mass is 424 g/mol. The molecule has 0 saturated carbocycles. The molecule has 2 amide bonds. The number of hydrogen-bond acceptors (Lipinski definition) is 5. The number of ether oxygens (including phenoxy) is 1. The van der Waals surface area contributed by atoms with E-state index in [1.807, 2.05) is 31.2 Å². The van der Waals surface area contributed by atoms with Crippen LogP contribution in [0.3, 0.4) is 0 Å². The van der Waals surface area contributed by atoms with Gasteiger partial charge >= 0.3 is 0 Å². The summed E-state index contributed by atoms with van der Waals surface area (Å²) in [5.74, 6) is -0.844. The lowest BCUT2D eigenvalue weighted by Gasteiger charge is -2.38. The first-order valence-corrected chi connectivity index (χ1v) is 10.3. The average Bonchev–Trinajstić information content (AvgIpc) is 2.79. The highest BCUT2D eigenvalue weighted by Crippen LogP contribution is 2.34. The molecule has 0 aliphatic carbocycles. The Morgan fingerprint density at radius 2 is 1.84 bits per heavy atom. The van der Waals surface area contributed by atoms with Crippen LogP contribution in [0.2, 0.25) is 0 Å². The van der Waals surface area contributed by atoms with Gasteiger partial charge in [-0.25, -0.2) is 9.40 Å². The van der Waals surface area contributed by atoms with Crippen molar-refractivity contribution in [1.29, 1.82) is 0 Å². The van der Waals surface area contributed by atoms with Crippen LogP contribution < -0.4 is 15.8 Å². The third-order valence-electron chi connectivity index (χ3n) is 5.84. The highest BCUT2D eigenvalue weighted by Gasteiger charge is 2.36. The molecule has 0 radical (unpaired) electrons. The van der Waals surface area contributed by atoms with Gasteiger partial charge in [0.15, 0.2) is 0 Å². The van der Waals surface area contributed by atoms with Crippen molar-refractivity contribution in [1.82, 2.24) is 10.7 Å². The molecule has 2 aliphatic heterocycles. The molecule has 162 valence electrons. The Balaban J connectivity index is 1.47. The molecule has 2 aromatic carbocycles. The Bertz CT molecular complexity index is 983. The molecule has 1 saturated heterocycles. The number of carbonyl (C=O) groups excluding carboxylic acids is 2. The Hall–Kier alpha value is -3.26. The van der Waals surface area contributed by atoms with E-state index in [0.29, 0.717) is 38.3 Å². The summed E-state index contributed by atoms with van der Waals surface area (Å²) in [4.78, 5) is 29.3. The fraction of sp³-hybridized carbons (Fsp3) is 0.348. The minimum Gasteiger partial charge on any atom is -0.381 e. The maximum atomic E-state index is 13.4. The van der Waals surface area contributed by atoms with Gasteiger partial charge in [0, 0.05) is 25.2 Å². The van der Waals surface area contributed by atoms with E-state index in [-0.39, 0.29) is 29.5 Å². The summed E-state index contributed by atoms with van der Waals surface area (Å²) in [6.45, 7) is 3.35. The molecule has 8 heteroatoms. The quantitative estimate of drug-likeness (QED) is 0.771. The number of benzene rings is 2. The molecular weight excluding hydrogens is 399 g/mol. The second-order valence-electron chi connectivity index (χ2n) is 7.92. The summed E-state index contributed by atoms with van der Waals surface area (Å²) >= 11 is 0. The van der Waals surface area contributed by atoms with Crippen LogP contribution in [0.4, 0.5) is 10.1 Å². The summed E-state index contributed by atoms with van der Waals surface area (Å²) in [5, 5.41) is 4.29. The molecule has 4 rings (SSSR count). The van der Waals surface area contributed by atoms with Crippen LogP contribution in [-0.4, -0.2) is 44.0 Å². The maximum absolute atomic E-state index is 13.4. The second kappa shape index (κ2) is 8.85. The van der Waals surface area contributed by atoms with Crippen molar-refractivity contribution in [2.24, 2.45) is 4.99 Å². The zero-order chi connectivity index (χ0) is 21.8. The standard InChI is InChI=1S/C23H25FN4O3/c1-16-2-8-19(9-3-16)28-20(29)14-25-21(27-28)22(30)26-15-23(10-12-31-13-11-23)17-4-6-18(24)7-5-17/h2-9H,10-15H2,1H3,(H,25,27)(H,26,30). The average molecular weight is 424 g/mol. The van der Waals surface area contributed by atoms with E-state index in [0.717, 1.165) is 11.1 Å². The van der Waals surface area contributed by atoms with Gasteiger partial charge in [0.1, 0.15) is 12.4 Å². The van der Waals surface area contributed by atoms with E-state index in [2.05, 4.69) is 15.7 Å². The number of rotatable bonds is 5. The van der Waals surface area contributed by atoms with Gasteiger partial charge in [0.05, 0.1) is 5.69 Å². The molecule has 0 aromatic heterocycles. The molecule has 2 N–H and O–H groups in total. The predicted octanol–water partition coefficient (Wildman–Crippen LogP) is 2.25. The minimum atomic E-state index is -0.391. The highest BCUT2D eigenvalue weighted by atomic mass is 19.1. The zero-order valence-corrected chi connectivity index (χ0v) is 17.4. The van der Waals surface area contributed by atoms with Gasteiger partial charge < -0.3 is 10.1 Å². The molecule has 7 nitrogen and oxygen atoms in total.